The van der Waals surface area contributed by atoms with Crippen molar-refractivity contribution in [1.29, 1.82) is 0 Å². The van der Waals surface area contributed by atoms with Crippen molar-refractivity contribution in [3.8, 4) is 0 Å². The number of ether oxygens (including phenoxy) is 1. The lowest BCUT2D eigenvalue weighted by atomic mass is 9.80. The fraction of sp³-hybridized carbons (Fsp3) is 0.625. The molecule has 1 aromatic rings. The van der Waals surface area contributed by atoms with E-state index >= 15 is 0 Å². The lowest BCUT2D eigenvalue weighted by Gasteiger charge is -2.26. The first-order valence-electron chi connectivity index (χ1n) is 6.85. The number of rotatable bonds is 7. The van der Waals surface area contributed by atoms with Crippen LogP contribution in [0, 0.1) is 19.7 Å². The van der Waals surface area contributed by atoms with E-state index in [-0.39, 0.29) is 11.2 Å². The van der Waals surface area contributed by atoms with Gasteiger partial charge >= 0.3 is 0 Å². The van der Waals surface area contributed by atoms with Crippen LogP contribution in [-0.2, 0) is 10.2 Å². The molecule has 2 nitrogen and oxygen atoms in total. The fourth-order valence-electron chi connectivity index (χ4n) is 2.18. The van der Waals surface area contributed by atoms with Gasteiger partial charge in [-0.05, 0) is 48.9 Å². The summed E-state index contributed by atoms with van der Waals surface area (Å²) in [4.78, 5) is 0. The van der Waals surface area contributed by atoms with Gasteiger partial charge in [-0.1, -0.05) is 26.0 Å². The molecule has 1 N–H and O–H groups in total. The van der Waals surface area contributed by atoms with Crippen LogP contribution in [0.15, 0.2) is 12.1 Å². The summed E-state index contributed by atoms with van der Waals surface area (Å²) >= 11 is 0. The summed E-state index contributed by atoms with van der Waals surface area (Å²) in [7, 11) is 1.70. The van der Waals surface area contributed by atoms with E-state index in [0.29, 0.717) is 0 Å². The van der Waals surface area contributed by atoms with Crippen LogP contribution in [0.3, 0.4) is 0 Å². The summed E-state index contributed by atoms with van der Waals surface area (Å²) in [5.74, 6) is -0.0854. The van der Waals surface area contributed by atoms with Crippen molar-refractivity contribution in [2.45, 2.75) is 39.5 Å². The molecular weight excluding hydrogens is 241 g/mol. The van der Waals surface area contributed by atoms with Crippen molar-refractivity contribution < 1.29 is 9.13 Å². The minimum absolute atomic E-state index is 0.0449. The molecule has 0 aromatic heterocycles. The van der Waals surface area contributed by atoms with E-state index in [1.54, 1.807) is 7.11 Å². The van der Waals surface area contributed by atoms with Crippen LogP contribution >= 0.6 is 0 Å². The summed E-state index contributed by atoms with van der Waals surface area (Å²) in [6.45, 7) is 10.6. The molecule has 1 rings (SSSR count). The molecule has 0 amide bonds. The van der Waals surface area contributed by atoms with Crippen molar-refractivity contribution >= 4 is 0 Å². The monoisotopic (exact) mass is 267 g/mol. The van der Waals surface area contributed by atoms with Crippen LogP contribution in [0.2, 0.25) is 0 Å². The first kappa shape index (κ1) is 16.1. The molecule has 0 saturated heterocycles. The zero-order chi connectivity index (χ0) is 14.5. The Kier molecular flexibility index (Phi) is 5.95. The van der Waals surface area contributed by atoms with Gasteiger partial charge < -0.3 is 10.1 Å². The summed E-state index contributed by atoms with van der Waals surface area (Å²) < 4.78 is 18.7. The summed E-state index contributed by atoms with van der Waals surface area (Å²) in [6, 6.07) is 3.94. The third-order valence-corrected chi connectivity index (χ3v) is 3.63. The largest absolute Gasteiger partial charge is 0.383 e. The predicted octanol–water partition coefficient (Wildman–Crippen LogP) is 3.35. The zero-order valence-electron chi connectivity index (χ0n) is 12.8. The molecule has 0 aliphatic rings. The molecule has 0 spiro atoms. The first-order chi connectivity index (χ1) is 8.88. The zero-order valence-corrected chi connectivity index (χ0v) is 12.8. The molecule has 19 heavy (non-hydrogen) atoms. The number of hydrogen-bond acceptors (Lipinski definition) is 2. The van der Waals surface area contributed by atoms with Crippen LogP contribution in [0.5, 0.6) is 0 Å². The highest BCUT2D eigenvalue weighted by atomic mass is 19.1. The number of aryl methyl sites for hydroxylation is 2. The predicted molar refractivity (Wildman–Crippen MR) is 78.3 cm³/mol. The molecule has 0 bridgehead atoms. The Morgan fingerprint density at radius 3 is 2.26 bits per heavy atom. The topological polar surface area (TPSA) is 21.3 Å². The van der Waals surface area contributed by atoms with Crippen molar-refractivity contribution in [1.82, 2.24) is 5.32 Å². The molecule has 0 saturated carbocycles. The SMILES string of the molecule is COCCNCCC(C)(C)c1cc(C)c(F)c(C)c1. The number of halogens is 1. The molecule has 0 atom stereocenters. The highest BCUT2D eigenvalue weighted by Crippen LogP contribution is 2.29. The van der Waals surface area contributed by atoms with Crippen molar-refractivity contribution in [2.24, 2.45) is 0 Å². The minimum Gasteiger partial charge on any atom is -0.383 e. The molecule has 1 aromatic carbocycles. The quantitative estimate of drug-likeness (QED) is 0.765. The van der Waals surface area contributed by atoms with E-state index in [1.165, 1.54) is 5.56 Å². The Labute approximate surface area is 116 Å². The second-order valence-corrected chi connectivity index (χ2v) is 5.80. The van der Waals surface area contributed by atoms with Gasteiger partial charge in [-0.15, -0.1) is 0 Å². The van der Waals surface area contributed by atoms with E-state index in [9.17, 15) is 4.39 Å². The lowest BCUT2D eigenvalue weighted by Crippen LogP contribution is -2.27. The Morgan fingerprint density at radius 1 is 1.16 bits per heavy atom. The second-order valence-electron chi connectivity index (χ2n) is 5.80. The van der Waals surface area contributed by atoms with Crippen molar-refractivity contribution in [2.75, 3.05) is 26.8 Å². The second kappa shape index (κ2) is 7.01. The van der Waals surface area contributed by atoms with Crippen LogP contribution in [0.4, 0.5) is 4.39 Å². The molecule has 108 valence electrons. The maximum Gasteiger partial charge on any atom is 0.129 e. The van der Waals surface area contributed by atoms with Gasteiger partial charge in [0.25, 0.3) is 0 Å². The molecule has 0 fully saturated rings. The number of hydrogen-bond donors (Lipinski definition) is 1. The van der Waals surface area contributed by atoms with E-state index < -0.39 is 0 Å². The third-order valence-electron chi connectivity index (χ3n) is 3.63. The van der Waals surface area contributed by atoms with Crippen LogP contribution in [0.1, 0.15) is 37.0 Å². The van der Waals surface area contributed by atoms with Crippen molar-refractivity contribution in [3.05, 3.63) is 34.6 Å². The average molecular weight is 267 g/mol. The molecule has 0 heterocycles. The van der Waals surface area contributed by atoms with Crippen molar-refractivity contribution in [3.63, 3.8) is 0 Å². The van der Waals surface area contributed by atoms with E-state index in [1.807, 2.05) is 26.0 Å². The van der Waals surface area contributed by atoms with Gasteiger partial charge in [-0.2, -0.15) is 0 Å². The van der Waals surface area contributed by atoms with Crippen LogP contribution in [-0.4, -0.2) is 26.8 Å². The first-order valence-corrected chi connectivity index (χ1v) is 6.85. The van der Waals surface area contributed by atoms with E-state index in [0.717, 1.165) is 37.2 Å². The smallest absolute Gasteiger partial charge is 0.129 e. The maximum atomic E-state index is 13.7. The van der Waals surface area contributed by atoms with Gasteiger partial charge in [0, 0.05) is 13.7 Å². The standard InChI is InChI=1S/C16H26FNO/c1-12-10-14(11-13(2)15(12)17)16(3,4)6-7-18-8-9-19-5/h10-11,18H,6-9H2,1-5H3. The summed E-state index contributed by atoms with van der Waals surface area (Å²) in [6.07, 6.45) is 1.02. The van der Waals surface area contributed by atoms with Gasteiger partial charge in [-0.25, -0.2) is 4.39 Å². The van der Waals surface area contributed by atoms with E-state index in [2.05, 4.69) is 19.2 Å². The van der Waals surface area contributed by atoms with Gasteiger partial charge in [0.2, 0.25) is 0 Å². The van der Waals surface area contributed by atoms with Crippen LogP contribution in [0.25, 0.3) is 0 Å². The summed E-state index contributed by atoms with van der Waals surface area (Å²) in [5, 5.41) is 3.35. The molecule has 3 heteroatoms. The minimum atomic E-state index is -0.0854. The Morgan fingerprint density at radius 2 is 1.74 bits per heavy atom. The Hall–Kier alpha value is -0.930. The van der Waals surface area contributed by atoms with Crippen LogP contribution < -0.4 is 5.32 Å². The highest BCUT2D eigenvalue weighted by molar-refractivity contribution is 5.34. The fourth-order valence-corrected chi connectivity index (χ4v) is 2.18. The normalized spacial score (nSPS) is 11.9. The number of benzene rings is 1. The molecule has 0 unspecified atom stereocenters. The summed E-state index contributed by atoms with van der Waals surface area (Å²) in [5.41, 5.74) is 2.71. The highest BCUT2D eigenvalue weighted by Gasteiger charge is 2.21. The van der Waals surface area contributed by atoms with E-state index in [4.69, 9.17) is 4.74 Å². The van der Waals surface area contributed by atoms with Gasteiger partial charge in [-0.3, -0.25) is 0 Å². The lowest BCUT2D eigenvalue weighted by molar-refractivity contribution is 0.198. The molecule has 0 aliphatic carbocycles. The molecule has 0 aliphatic heterocycles. The number of nitrogens with one attached hydrogen (secondary N) is 1. The third kappa shape index (κ3) is 4.59. The average Bonchev–Trinajstić information content (AvgIpc) is 2.35. The number of methoxy groups -OCH3 is 1. The van der Waals surface area contributed by atoms with Gasteiger partial charge in [0.05, 0.1) is 6.61 Å². The Bertz CT molecular complexity index is 392. The van der Waals surface area contributed by atoms with Gasteiger partial charge in [0.15, 0.2) is 0 Å². The van der Waals surface area contributed by atoms with Gasteiger partial charge in [0.1, 0.15) is 5.82 Å². The Balaban J connectivity index is 2.66. The maximum absolute atomic E-state index is 13.7. The molecular formula is C16H26FNO. The molecule has 0 radical (unpaired) electrons.